The average Bonchev–Trinajstić information content (AvgIpc) is 2.81. The summed E-state index contributed by atoms with van der Waals surface area (Å²) in [6.45, 7) is 12.6. The Balaban J connectivity index is 0.000000550. The number of hydrogen-bond donors (Lipinski definition) is 0. The molecule has 0 saturated heterocycles. The van der Waals surface area contributed by atoms with Gasteiger partial charge >= 0.3 is 127 Å². The summed E-state index contributed by atoms with van der Waals surface area (Å²) in [4.78, 5) is 0. The quantitative estimate of drug-likeness (QED) is 0.334. The molecular weight excluding hydrogens is 413 g/mol. The number of aromatic nitrogens is 1. The summed E-state index contributed by atoms with van der Waals surface area (Å²) in [5.74, 6) is 1.10. The number of benzene rings is 1. The van der Waals surface area contributed by atoms with Crippen LogP contribution in [0.3, 0.4) is 0 Å². The predicted molar refractivity (Wildman–Crippen MR) is 86.1 cm³/mol. The third-order valence-corrected chi connectivity index (χ3v) is 5.92. The number of ether oxygens (including phenoxy) is 1. The van der Waals surface area contributed by atoms with Gasteiger partial charge in [-0.15, -0.1) is 10.2 Å². The number of halogens is 1. The zero-order chi connectivity index (χ0) is 19.2. The Morgan fingerprint density at radius 2 is 1.68 bits per heavy atom. The maximum Gasteiger partial charge on any atom is -0.112 e. The van der Waals surface area contributed by atoms with Gasteiger partial charge < -0.3 is 0 Å². The topological polar surface area (TPSA) is 105 Å². The van der Waals surface area contributed by atoms with E-state index in [0.29, 0.717) is 14.5 Å². The molecule has 0 fully saturated rings. The number of aryl methyl sites for hydroxylation is 3. The fourth-order valence-corrected chi connectivity index (χ4v) is 5.01. The molecule has 25 heavy (non-hydrogen) atoms. The normalized spacial score (nSPS) is 12.1. The molecule has 0 aliphatic heterocycles. The van der Waals surface area contributed by atoms with Crippen LogP contribution in [0.25, 0.3) is 15.9 Å². The van der Waals surface area contributed by atoms with Crippen molar-refractivity contribution in [3.8, 4) is 0 Å². The van der Waals surface area contributed by atoms with Gasteiger partial charge in [-0.25, -0.2) is 18.6 Å². The first kappa shape index (κ1) is 22.1. The molecule has 1 heterocycles. The van der Waals surface area contributed by atoms with Gasteiger partial charge in [0.05, 0.1) is 0 Å². The van der Waals surface area contributed by atoms with E-state index in [0.717, 1.165) is 25.3 Å². The molecule has 0 bridgehead atoms. The maximum atomic E-state index is 8.49. The number of rotatable bonds is 5. The van der Waals surface area contributed by atoms with Crippen LogP contribution in [0.5, 0.6) is 0 Å². The average molecular weight is 437 g/mol. The molecule has 0 N–H and O–H groups in total. The molecular formula is C17H24ClNO5Se. The third-order valence-electron chi connectivity index (χ3n) is 3.63. The Labute approximate surface area is 156 Å². The van der Waals surface area contributed by atoms with Gasteiger partial charge in [0.1, 0.15) is 0 Å². The van der Waals surface area contributed by atoms with E-state index in [1.54, 1.807) is 0 Å². The van der Waals surface area contributed by atoms with Crippen molar-refractivity contribution in [1.82, 2.24) is 0 Å². The second-order valence-corrected chi connectivity index (χ2v) is 8.35. The first-order valence-electron chi connectivity index (χ1n) is 7.99. The third kappa shape index (κ3) is 7.07. The number of allylic oxidation sites excluding steroid dienone is 1. The molecule has 0 spiro atoms. The van der Waals surface area contributed by atoms with Crippen molar-refractivity contribution >= 4 is 30.4 Å². The standard InChI is InChI=1S/C17H24NOSe.ClHO4/c1-6-14(19-8-3)11-17-18(7-2)15-9-12(4)13(5)10-16(15)20-17;2-1(3,4)5/h9-11H,6-8H2,1-5H3;(H,2,3,4,5)/q+1;/p-1. The van der Waals surface area contributed by atoms with E-state index in [4.69, 9.17) is 23.4 Å². The minimum Gasteiger partial charge on any atom is -0.222 e. The summed E-state index contributed by atoms with van der Waals surface area (Å²) < 4.78 is 45.1. The Morgan fingerprint density at radius 3 is 2.16 bits per heavy atom. The summed E-state index contributed by atoms with van der Waals surface area (Å²) in [6, 6.07) is 4.70. The fraction of sp³-hybridized carbons (Fsp3) is 0.471. The van der Waals surface area contributed by atoms with Crippen molar-refractivity contribution in [2.24, 2.45) is 0 Å². The number of nitrogens with zero attached hydrogens (tertiary/aromatic N) is 1. The van der Waals surface area contributed by atoms with Gasteiger partial charge in [-0.1, -0.05) is 0 Å². The van der Waals surface area contributed by atoms with Crippen LogP contribution in [-0.2, 0) is 11.3 Å². The fourth-order valence-electron chi connectivity index (χ4n) is 2.36. The Bertz CT molecular complexity index is 731. The van der Waals surface area contributed by atoms with E-state index in [1.165, 1.54) is 25.5 Å². The van der Waals surface area contributed by atoms with Crippen LogP contribution in [0.15, 0.2) is 17.9 Å². The van der Waals surface area contributed by atoms with Crippen molar-refractivity contribution in [1.29, 1.82) is 0 Å². The Hall–Kier alpha value is -0.921. The van der Waals surface area contributed by atoms with Crippen LogP contribution in [0, 0.1) is 24.1 Å². The SMILES string of the molecule is CCOC(=Cc1[se]c2cc(C)c(C)cc2[n+]1CC)CC.[O-][Cl+3]([O-])([O-])[O-]. The smallest absolute Gasteiger partial charge is 0.112 e. The summed E-state index contributed by atoms with van der Waals surface area (Å²) >= 11 is 0.390. The van der Waals surface area contributed by atoms with Crippen LogP contribution < -0.4 is 23.2 Å². The molecule has 2 aromatic rings. The van der Waals surface area contributed by atoms with E-state index in [2.05, 4.69) is 50.5 Å². The number of fused-ring (bicyclic) bond motifs is 1. The predicted octanol–water partition coefficient (Wildman–Crippen LogP) is -1.15. The van der Waals surface area contributed by atoms with E-state index >= 15 is 0 Å². The van der Waals surface area contributed by atoms with Crippen LogP contribution in [-0.4, -0.2) is 21.1 Å². The summed E-state index contributed by atoms with van der Waals surface area (Å²) in [5.41, 5.74) is 4.17. The first-order valence-corrected chi connectivity index (χ1v) is 10.9. The van der Waals surface area contributed by atoms with Gasteiger partial charge in [0, 0.05) is 0 Å². The molecule has 1 aromatic carbocycles. The molecule has 140 valence electrons. The molecule has 2 rings (SSSR count). The molecule has 0 radical (unpaired) electrons. The minimum atomic E-state index is -4.94. The maximum absolute atomic E-state index is 8.49. The second kappa shape index (κ2) is 9.69. The molecule has 0 saturated carbocycles. The van der Waals surface area contributed by atoms with E-state index in [9.17, 15) is 0 Å². The summed E-state index contributed by atoms with van der Waals surface area (Å²) in [7, 11) is -4.94. The largest absolute Gasteiger partial charge is 0.222 e. The van der Waals surface area contributed by atoms with Gasteiger partial charge in [0.15, 0.2) is 0 Å². The van der Waals surface area contributed by atoms with E-state index in [-0.39, 0.29) is 0 Å². The van der Waals surface area contributed by atoms with Crippen LogP contribution in [0.4, 0.5) is 0 Å². The van der Waals surface area contributed by atoms with Gasteiger partial charge in [-0.2, -0.15) is 0 Å². The van der Waals surface area contributed by atoms with Crippen molar-refractivity contribution in [3.63, 3.8) is 0 Å². The van der Waals surface area contributed by atoms with Gasteiger partial charge in [0.25, 0.3) is 0 Å². The van der Waals surface area contributed by atoms with Gasteiger partial charge in [0.2, 0.25) is 0 Å². The molecule has 0 unspecified atom stereocenters. The zero-order valence-electron chi connectivity index (χ0n) is 15.1. The molecule has 0 amide bonds. The number of hydrogen-bond acceptors (Lipinski definition) is 5. The molecule has 6 nitrogen and oxygen atoms in total. The van der Waals surface area contributed by atoms with Crippen LogP contribution in [0.1, 0.15) is 42.9 Å². The van der Waals surface area contributed by atoms with Gasteiger partial charge in [-0.05, 0) is 0 Å². The van der Waals surface area contributed by atoms with Crippen molar-refractivity contribution in [3.05, 3.63) is 33.6 Å². The van der Waals surface area contributed by atoms with Crippen molar-refractivity contribution < 1.29 is 38.2 Å². The van der Waals surface area contributed by atoms with E-state index in [1.807, 2.05) is 6.92 Å². The second-order valence-electron chi connectivity index (χ2n) is 5.36. The van der Waals surface area contributed by atoms with Crippen LogP contribution in [0.2, 0.25) is 0 Å². The van der Waals surface area contributed by atoms with Crippen LogP contribution >= 0.6 is 0 Å². The first-order chi connectivity index (χ1) is 11.6. The molecule has 0 atom stereocenters. The van der Waals surface area contributed by atoms with Crippen molar-refractivity contribution in [2.45, 2.75) is 47.6 Å². The zero-order valence-corrected chi connectivity index (χ0v) is 17.6. The van der Waals surface area contributed by atoms with E-state index < -0.39 is 10.2 Å². The summed E-state index contributed by atoms with van der Waals surface area (Å²) in [5, 5.41) is 0. The molecule has 0 aliphatic carbocycles. The monoisotopic (exact) mass is 437 g/mol. The molecule has 1 aromatic heterocycles. The molecule has 0 aliphatic rings. The Morgan fingerprint density at radius 1 is 1.12 bits per heavy atom. The Kier molecular flexibility index (Phi) is 8.57. The van der Waals surface area contributed by atoms with Gasteiger partial charge in [-0.3, -0.25) is 0 Å². The minimum absolute atomic E-state index is 0.390. The van der Waals surface area contributed by atoms with Crippen molar-refractivity contribution in [2.75, 3.05) is 6.61 Å². The molecule has 8 heteroatoms. The summed E-state index contributed by atoms with van der Waals surface area (Å²) in [6.07, 6.45) is 3.22.